The molecule has 0 saturated carbocycles. The first kappa shape index (κ1) is 18.2. The van der Waals surface area contributed by atoms with E-state index in [1.54, 1.807) is 23.5 Å². The minimum absolute atomic E-state index is 0.0952. The molecule has 0 aliphatic rings. The molecule has 126 valence electrons. The third-order valence-corrected chi connectivity index (χ3v) is 4.81. The van der Waals surface area contributed by atoms with Crippen molar-refractivity contribution in [3.05, 3.63) is 57.8 Å². The molecule has 0 aliphatic carbocycles. The van der Waals surface area contributed by atoms with Gasteiger partial charge < -0.3 is 5.32 Å². The van der Waals surface area contributed by atoms with E-state index in [1.165, 1.54) is 5.56 Å². The van der Waals surface area contributed by atoms with E-state index in [0.717, 1.165) is 18.7 Å². The second kappa shape index (κ2) is 9.21. The van der Waals surface area contributed by atoms with Gasteiger partial charge in [0.25, 0.3) is 5.91 Å². The van der Waals surface area contributed by atoms with Gasteiger partial charge in [-0.25, -0.2) is 0 Å². The third-order valence-electron chi connectivity index (χ3n) is 4.11. The number of hydrogen-bond donors (Lipinski definition) is 1. The van der Waals surface area contributed by atoms with Crippen LogP contribution < -0.4 is 5.32 Å². The van der Waals surface area contributed by atoms with Crippen LogP contribution in [0.4, 0.5) is 0 Å². The van der Waals surface area contributed by atoms with Crippen LogP contribution in [0.15, 0.2) is 41.1 Å². The molecule has 1 heterocycles. The Morgan fingerprint density at radius 2 is 2.12 bits per heavy atom. The summed E-state index contributed by atoms with van der Waals surface area (Å²) in [6, 6.07) is 11.7. The normalized spacial score (nSPS) is 11.9. The van der Waals surface area contributed by atoms with Gasteiger partial charge in [-0.2, -0.15) is 16.6 Å². The Morgan fingerprint density at radius 1 is 1.33 bits per heavy atom. The van der Waals surface area contributed by atoms with Crippen molar-refractivity contribution in [2.75, 3.05) is 19.6 Å². The maximum absolute atomic E-state index is 12.5. The topological polar surface area (TPSA) is 56.1 Å². The standard InChI is InChI=1S/C19H23N3OS/c1-3-22(4-2)18(17-9-11-24-14-17)13-21-19(23)16-7-5-6-15(12-16)8-10-20/h5-7,9,11-12,14,18H,3-4,8,13H2,1-2H3,(H,21,23). The summed E-state index contributed by atoms with van der Waals surface area (Å²) in [6.07, 6.45) is 0.318. The monoisotopic (exact) mass is 341 g/mol. The van der Waals surface area contributed by atoms with Gasteiger partial charge in [-0.05, 0) is 53.2 Å². The van der Waals surface area contributed by atoms with Crippen LogP contribution in [-0.4, -0.2) is 30.4 Å². The van der Waals surface area contributed by atoms with Crippen molar-refractivity contribution < 1.29 is 4.79 Å². The van der Waals surface area contributed by atoms with E-state index in [2.05, 4.69) is 47.0 Å². The first-order valence-electron chi connectivity index (χ1n) is 8.19. The Labute approximate surface area is 147 Å². The van der Waals surface area contributed by atoms with Crippen molar-refractivity contribution in [1.29, 1.82) is 5.26 Å². The number of thiophene rings is 1. The predicted octanol–water partition coefficient (Wildman–Crippen LogP) is 3.63. The molecule has 1 aromatic heterocycles. The number of amides is 1. The van der Waals surface area contributed by atoms with Crippen LogP contribution in [0.3, 0.4) is 0 Å². The second-order valence-corrected chi connectivity index (χ2v) is 6.32. The van der Waals surface area contributed by atoms with Crippen LogP contribution >= 0.6 is 11.3 Å². The summed E-state index contributed by atoms with van der Waals surface area (Å²) in [5, 5.41) is 16.0. The average Bonchev–Trinajstić information content (AvgIpc) is 3.13. The number of nitriles is 1. The Bertz CT molecular complexity index is 687. The minimum Gasteiger partial charge on any atom is -0.350 e. The van der Waals surface area contributed by atoms with Crippen LogP contribution in [-0.2, 0) is 6.42 Å². The highest BCUT2D eigenvalue weighted by atomic mass is 32.1. The van der Waals surface area contributed by atoms with Gasteiger partial charge in [0.05, 0.1) is 18.5 Å². The lowest BCUT2D eigenvalue weighted by molar-refractivity contribution is 0.0935. The Balaban J connectivity index is 2.07. The maximum Gasteiger partial charge on any atom is 0.251 e. The molecular formula is C19H23N3OS. The number of rotatable bonds is 8. The van der Waals surface area contributed by atoms with E-state index in [4.69, 9.17) is 5.26 Å². The zero-order valence-electron chi connectivity index (χ0n) is 14.2. The van der Waals surface area contributed by atoms with Crippen LogP contribution in [0.25, 0.3) is 0 Å². The number of carbonyl (C=O) groups excluding carboxylic acids is 1. The molecule has 5 heteroatoms. The second-order valence-electron chi connectivity index (χ2n) is 5.54. The van der Waals surface area contributed by atoms with Crippen molar-refractivity contribution in [3.63, 3.8) is 0 Å². The fourth-order valence-corrected chi connectivity index (χ4v) is 3.50. The molecule has 1 unspecified atom stereocenters. The first-order valence-corrected chi connectivity index (χ1v) is 9.14. The lowest BCUT2D eigenvalue weighted by Gasteiger charge is -2.29. The van der Waals surface area contributed by atoms with Crippen molar-refractivity contribution in [2.24, 2.45) is 0 Å². The average molecular weight is 341 g/mol. The predicted molar refractivity (Wildman–Crippen MR) is 98.1 cm³/mol. The van der Waals surface area contributed by atoms with Gasteiger partial charge in [-0.3, -0.25) is 9.69 Å². The molecule has 1 aromatic carbocycles. The molecule has 0 aliphatic heterocycles. The summed E-state index contributed by atoms with van der Waals surface area (Å²) in [6.45, 7) is 6.71. The van der Waals surface area contributed by atoms with Gasteiger partial charge in [0.1, 0.15) is 0 Å². The van der Waals surface area contributed by atoms with Crippen LogP contribution in [0.1, 0.15) is 41.4 Å². The SMILES string of the molecule is CCN(CC)C(CNC(=O)c1cccc(CC#N)c1)c1ccsc1. The smallest absolute Gasteiger partial charge is 0.251 e. The van der Waals surface area contributed by atoms with Crippen molar-refractivity contribution >= 4 is 17.2 Å². The summed E-state index contributed by atoms with van der Waals surface area (Å²) in [5.41, 5.74) is 2.71. The number of hydrogen-bond acceptors (Lipinski definition) is 4. The van der Waals surface area contributed by atoms with Gasteiger partial charge >= 0.3 is 0 Å². The quantitative estimate of drug-likeness (QED) is 0.798. The molecule has 0 saturated heterocycles. The van der Waals surface area contributed by atoms with Crippen LogP contribution in [0, 0.1) is 11.3 Å². The molecule has 0 fully saturated rings. The molecule has 1 N–H and O–H groups in total. The molecule has 4 nitrogen and oxygen atoms in total. The van der Waals surface area contributed by atoms with E-state index in [0.29, 0.717) is 18.5 Å². The molecule has 2 rings (SSSR count). The number of likely N-dealkylation sites (N-methyl/N-ethyl adjacent to an activating group) is 1. The summed E-state index contributed by atoms with van der Waals surface area (Å²) in [5.74, 6) is -0.0952. The largest absolute Gasteiger partial charge is 0.350 e. The van der Waals surface area contributed by atoms with Gasteiger partial charge in [0.2, 0.25) is 0 Å². The third kappa shape index (κ3) is 4.67. The molecular weight excluding hydrogens is 318 g/mol. The van der Waals surface area contributed by atoms with E-state index < -0.39 is 0 Å². The van der Waals surface area contributed by atoms with E-state index in [9.17, 15) is 4.79 Å². The summed E-state index contributed by atoms with van der Waals surface area (Å²) < 4.78 is 0. The highest BCUT2D eigenvalue weighted by molar-refractivity contribution is 7.07. The van der Waals surface area contributed by atoms with Gasteiger partial charge in [-0.15, -0.1) is 0 Å². The van der Waals surface area contributed by atoms with E-state index in [-0.39, 0.29) is 11.9 Å². The van der Waals surface area contributed by atoms with Crippen molar-refractivity contribution in [2.45, 2.75) is 26.3 Å². The number of carbonyl (C=O) groups is 1. The zero-order chi connectivity index (χ0) is 17.4. The number of nitrogens with zero attached hydrogens (tertiary/aromatic N) is 2. The van der Waals surface area contributed by atoms with Gasteiger partial charge in [0, 0.05) is 12.1 Å². The van der Waals surface area contributed by atoms with E-state index >= 15 is 0 Å². The molecule has 0 bridgehead atoms. The van der Waals surface area contributed by atoms with Crippen LogP contribution in [0.5, 0.6) is 0 Å². The molecule has 0 radical (unpaired) electrons. The summed E-state index contributed by atoms with van der Waals surface area (Å²) in [7, 11) is 0. The number of nitrogens with one attached hydrogen (secondary N) is 1. The lowest BCUT2D eigenvalue weighted by Crippen LogP contribution is -2.37. The fraction of sp³-hybridized carbons (Fsp3) is 0.368. The Hall–Kier alpha value is -2.16. The Kier molecular flexibility index (Phi) is 6.98. The molecule has 1 amide bonds. The molecule has 1 atom stereocenters. The molecule has 0 spiro atoms. The van der Waals surface area contributed by atoms with Crippen molar-refractivity contribution in [3.8, 4) is 6.07 Å². The lowest BCUT2D eigenvalue weighted by atomic mass is 10.1. The van der Waals surface area contributed by atoms with Crippen molar-refractivity contribution in [1.82, 2.24) is 10.2 Å². The summed E-state index contributed by atoms with van der Waals surface area (Å²) >= 11 is 1.67. The van der Waals surface area contributed by atoms with Gasteiger partial charge in [-0.1, -0.05) is 26.0 Å². The minimum atomic E-state index is -0.0952. The fourth-order valence-electron chi connectivity index (χ4n) is 2.79. The van der Waals surface area contributed by atoms with Gasteiger partial charge in [0.15, 0.2) is 0 Å². The zero-order valence-corrected chi connectivity index (χ0v) is 15.0. The summed E-state index contributed by atoms with van der Waals surface area (Å²) in [4.78, 5) is 14.8. The highest BCUT2D eigenvalue weighted by Gasteiger charge is 2.19. The highest BCUT2D eigenvalue weighted by Crippen LogP contribution is 2.22. The maximum atomic E-state index is 12.5. The Morgan fingerprint density at radius 3 is 2.75 bits per heavy atom. The van der Waals surface area contributed by atoms with Crippen LogP contribution in [0.2, 0.25) is 0 Å². The molecule has 2 aromatic rings. The first-order chi connectivity index (χ1) is 11.7. The number of benzene rings is 1. The van der Waals surface area contributed by atoms with E-state index in [1.807, 2.05) is 12.1 Å². The molecule has 24 heavy (non-hydrogen) atoms.